The van der Waals surface area contributed by atoms with Crippen LogP contribution in [0.5, 0.6) is 11.5 Å². The van der Waals surface area contributed by atoms with Gasteiger partial charge in [-0.05, 0) is 19.1 Å². The van der Waals surface area contributed by atoms with E-state index in [9.17, 15) is 19.5 Å². The number of fused-ring (bicyclic) bond motifs is 3. The number of hydrogen-bond donors (Lipinski definition) is 1. The van der Waals surface area contributed by atoms with Crippen LogP contribution in [0.4, 0.5) is 0 Å². The molecular formula is C18H16O8. The highest BCUT2D eigenvalue weighted by molar-refractivity contribution is 6.30. The first-order chi connectivity index (χ1) is 12.3. The lowest BCUT2D eigenvalue weighted by molar-refractivity contribution is -0.206. The highest BCUT2D eigenvalue weighted by Gasteiger charge is 2.56. The van der Waals surface area contributed by atoms with Gasteiger partial charge >= 0.3 is 5.97 Å². The molecule has 0 bridgehead atoms. The number of carbonyl (C=O) groups excluding carboxylic acids is 3. The van der Waals surface area contributed by atoms with Crippen LogP contribution in [-0.4, -0.2) is 54.9 Å². The van der Waals surface area contributed by atoms with Crippen molar-refractivity contribution in [3.63, 3.8) is 0 Å². The number of esters is 1. The molecule has 1 saturated heterocycles. The number of ether oxygens (including phenoxy) is 4. The van der Waals surface area contributed by atoms with E-state index in [1.807, 2.05) is 0 Å². The fourth-order valence-corrected chi connectivity index (χ4v) is 3.82. The Morgan fingerprint density at radius 2 is 1.65 bits per heavy atom. The standard InChI is InChI=1S/C18H16O8/c1-18(22)14-13(17-9(26-18)6-10(19)25-17)15(20)11-7(23-2)4-5-8(24-3)12(11)16(14)21/h4-5,9,17,22H,6H2,1-3H3/t9-,17+,18+/m0/s1. The van der Waals surface area contributed by atoms with Gasteiger partial charge in [-0.25, -0.2) is 0 Å². The van der Waals surface area contributed by atoms with Gasteiger partial charge < -0.3 is 24.1 Å². The van der Waals surface area contributed by atoms with Crippen molar-refractivity contribution in [3.05, 3.63) is 34.4 Å². The van der Waals surface area contributed by atoms with Crippen LogP contribution in [0.3, 0.4) is 0 Å². The Bertz CT molecular complexity index is 895. The Morgan fingerprint density at radius 3 is 2.23 bits per heavy atom. The summed E-state index contributed by atoms with van der Waals surface area (Å²) in [6, 6.07) is 3.02. The summed E-state index contributed by atoms with van der Waals surface area (Å²) >= 11 is 0. The van der Waals surface area contributed by atoms with E-state index >= 15 is 0 Å². The van der Waals surface area contributed by atoms with Crippen LogP contribution >= 0.6 is 0 Å². The van der Waals surface area contributed by atoms with E-state index in [0.29, 0.717) is 0 Å². The molecule has 0 amide bonds. The maximum absolute atomic E-state index is 13.3. The molecule has 26 heavy (non-hydrogen) atoms. The molecule has 1 aliphatic carbocycles. The lowest BCUT2D eigenvalue weighted by Gasteiger charge is -2.40. The van der Waals surface area contributed by atoms with Crippen LogP contribution in [0.15, 0.2) is 23.3 Å². The van der Waals surface area contributed by atoms with Crippen molar-refractivity contribution in [2.24, 2.45) is 0 Å². The number of aliphatic hydroxyl groups is 1. The van der Waals surface area contributed by atoms with Crippen molar-refractivity contribution in [1.29, 1.82) is 0 Å². The number of Topliss-reactive ketones (excluding diaryl/α,β-unsaturated/α-hetero) is 2. The van der Waals surface area contributed by atoms with Crippen molar-refractivity contribution in [1.82, 2.24) is 0 Å². The van der Waals surface area contributed by atoms with Gasteiger partial charge in [0.15, 0.2) is 23.5 Å². The second-order valence-corrected chi connectivity index (χ2v) is 6.42. The molecule has 0 aromatic heterocycles. The number of methoxy groups -OCH3 is 2. The molecule has 1 fully saturated rings. The van der Waals surface area contributed by atoms with Crippen LogP contribution in [0.25, 0.3) is 0 Å². The second-order valence-electron chi connectivity index (χ2n) is 6.42. The molecule has 0 spiro atoms. The second kappa shape index (κ2) is 5.39. The molecular weight excluding hydrogens is 344 g/mol. The average Bonchev–Trinajstić information content (AvgIpc) is 2.95. The van der Waals surface area contributed by atoms with E-state index in [4.69, 9.17) is 18.9 Å². The summed E-state index contributed by atoms with van der Waals surface area (Å²) in [4.78, 5) is 38.2. The Morgan fingerprint density at radius 1 is 1.08 bits per heavy atom. The summed E-state index contributed by atoms with van der Waals surface area (Å²) in [5, 5.41) is 10.7. The maximum Gasteiger partial charge on any atom is 0.309 e. The minimum absolute atomic E-state index is 0.0118. The Labute approximate surface area is 148 Å². The van der Waals surface area contributed by atoms with Crippen molar-refractivity contribution < 1.29 is 38.4 Å². The Kier molecular flexibility index (Phi) is 3.47. The van der Waals surface area contributed by atoms with Crippen molar-refractivity contribution in [2.75, 3.05) is 14.2 Å². The zero-order valence-corrected chi connectivity index (χ0v) is 14.3. The van der Waals surface area contributed by atoms with Crippen LogP contribution < -0.4 is 9.47 Å². The predicted octanol–water partition coefficient (Wildman–Crippen LogP) is 0.802. The summed E-state index contributed by atoms with van der Waals surface area (Å²) in [5.41, 5.74) is -0.295. The molecule has 3 atom stereocenters. The lowest BCUT2D eigenvalue weighted by atomic mass is 9.75. The van der Waals surface area contributed by atoms with Gasteiger partial charge in [-0.15, -0.1) is 0 Å². The third-order valence-corrected chi connectivity index (χ3v) is 4.86. The minimum Gasteiger partial charge on any atom is -0.496 e. The first-order valence-corrected chi connectivity index (χ1v) is 7.98. The van der Waals surface area contributed by atoms with Gasteiger partial charge in [-0.1, -0.05) is 0 Å². The number of hydrogen-bond acceptors (Lipinski definition) is 8. The summed E-state index contributed by atoms with van der Waals surface area (Å²) < 4.78 is 21.2. The molecule has 2 heterocycles. The normalized spacial score (nSPS) is 29.8. The number of ketones is 2. The van der Waals surface area contributed by atoms with Gasteiger partial charge in [0.1, 0.15) is 17.6 Å². The minimum atomic E-state index is -2.04. The first kappa shape index (κ1) is 16.7. The van der Waals surface area contributed by atoms with E-state index in [1.54, 1.807) is 0 Å². The molecule has 0 unspecified atom stereocenters. The molecule has 0 saturated carbocycles. The lowest BCUT2D eigenvalue weighted by Crippen LogP contribution is -2.51. The van der Waals surface area contributed by atoms with Gasteiger partial charge in [0, 0.05) is 0 Å². The third-order valence-electron chi connectivity index (χ3n) is 4.86. The zero-order valence-electron chi connectivity index (χ0n) is 14.3. The van der Waals surface area contributed by atoms with E-state index in [-0.39, 0.29) is 40.2 Å². The first-order valence-electron chi connectivity index (χ1n) is 7.98. The molecule has 2 aliphatic heterocycles. The maximum atomic E-state index is 13.3. The van der Waals surface area contributed by atoms with Gasteiger partial charge in [-0.2, -0.15) is 0 Å². The molecule has 3 aliphatic rings. The highest BCUT2D eigenvalue weighted by atomic mass is 16.7. The largest absolute Gasteiger partial charge is 0.496 e. The summed E-state index contributed by atoms with van der Waals surface area (Å²) in [6.07, 6.45) is -1.99. The van der Waals surface area contributed by atoms with E-state index < -0.39 is 35.5 Å². The number of rotatable bonds is 2. The van der Waals surface area contributed by atoms with Gasteiger partial charge in [0.25, 0.3) is 0 Å². The van der Waals surface area contributed by atoms with Crippen molar-refractivity contribution >= 4 is 17.5 Å². The smallest absolute Gasteiger partial charge is 0.309 e. The molecule has 8 nitrogen and oxygen atoms in total. The summed E-state index contributed by atoms with van der Waals surface area (Å²) in [7, 11) is 2.75. The number of carbonyl (C=O) groups is 3. The van der Waals surface area contributed by atoms with Crippen LogP contribution in [0, 0.1) is 0 Å². The molecule has 136 valence electrons. The average molecular weight is 360 g/mol. The summed E-state index contributed by atoms with van der Waals surface area (Å²) in [6.45, 7) is 1.27. The van der Waals surface area contributed by atoms with Crippen LogP contribution in [0.1, 0.15) is 34.1 Å². The SMILES string of the molecule is COc1ccc(OC)c2c1C(=O)C1=C(C2=O)[C@](C)(O)O[C@H]2CC(=O)O[C@@H]12. The van der Waals surface area contributed by atoms with Crippen molar-refractivity contribution in [3.8, 4) is 11.5 Å². The molecule has 4 rings (SSSR count). The van der Waals surface area contributed by atoms with Crippen LogP contribution in [0.2, 0.25) is 0 Å². The summed E-state index contributed by atoms with van der Waals surface area (Å²) in [5.74, 6) is -3.42. The zero-order chi connectivity index (χ0) is 18.8. The monoisotopic (exact) mass is 360 g/mol. The molecule has 1 aromatic carbocycles. The molecule has 1 N–H and O–H groups in total. The molecule has 0 radical (unpaired) electrons. The van der Waals surface area contributed by atoms with Gasteiger partial charge in [-0.3, -0.25) is 14.4 Å². The Hall–Kier alpha value is -2.71. The quantitative estimate of drug-likeness (QED) is 0.772. The van der Waals surface area contributed by atoms with Gasteiger partial charge in [0.2, 0.25) is 0 Å². The molecule has 8 heteroatoms. The van der Waals surface area contributed by atoms with E-state index in [1.165, 1.54) is 33.3 Å². The van der Waals surface area contributed by atoms with Gasteiger partial charge in [0.05, 0.1) is 42.9 Å². The van der Waals surface area contributed by atoms with Crippen LogP contribution in [-0.2, 0) is 14.3 Å². The topological polar surface area (TPSA) is 108 Å². The van der Waals surface area contributed by atoms with E-state index in [0.717, 1.165) is 0 Å². The number of benzene rings is 1. The fourth-order valence-electron chi connectivity index (χ4n) is 3.82. The fraction of sp³-hybridized carbons (Fsp3) is 0.389. The van der Waals surface area contributed by atoms with E-state index in [2.05, 4.69) is 0 Å². The van der Waals surface area contributed by atoms with Crippen molar-refractivity contribution in [2.45, 2.75) is 31.3 Å². The predicted molar refractivity (Wildman–Crippen MR) is 85.2 cm³/mol. The third kappa shape index (κ3) is 2.06. The highest BCUT2D eigenvalue weighted by Crippen LogP contribution is 2.47. The molecule has 1 aromatic rings. The Balaban J connectivity index is 2.01.